The molecule has 1 fully saturated rings. The van der Waals surface area contributed by atoms with Crippen molar-refractivity contribution < 1.29 is 13.2 Å². The van der Waals surface area contributed by atoms with E-state index in [2.05, 4.69) is 10.2 Å². The molecule has 2 rings (SSSR count). The number of nitrogens with zero attached hydrogens (tertiary/aromatic N) is 2. The van der Waals surface area contributed by atoms with Crippen molar-refractivity contribution in [3.63, 3.8) is 0 Å². The third kappa shape index (κ3) is 5.47. The fourth-order valence-corrected chi connectivity index (χ4v) is 4.03. The Kier molecular flexibility index (Phi) is 6.68. The molecule has 0 spiro atoms. The maximum atomic E-state index is 12.2. The SMILES string of the molecule is CSc1cccc(NC(=O)CN2CCC(N(C)S(C)(=O)=O)CC2)c1. The summed E-state index contributed by atoms with van der Waals surface area (Å²) in [5.74, 6) is -0.0387. The van der Waals surface area contributed by atoms with Gasteiger partial charge in [-0.15, -0.1) is 11.8 Å². The first-order chi connectivity index (χ1) is 11.3. The number of thioether (sulfide) groups is 1. The van der Waals surface area contributed by atoms with Gasteiger partial charge in [0.05, 0.1) is 12.8 Å². The van der Waals surface area contributed by atoms with Gasteiger partial charge in [-0.3, -0.25) is 9.69 Å². The van der Waals surface area contributed by atoms with Crippen LogP contribution in [-0.4, -0.2) is 68.8 Å². The van der Waals surface area contributed by atoms with Crippen LogP contribution in [0.25, 0.3) is 0 Å². The number of anilines is 1. The van der Waals surface area contributed by atoms with Gasteiger partial charge in [-0.1, -0.05) is 6.07 Å². The zero-order valence-electron chi connectivity index (χ0n) is 14.4. The molecule has 0 atom stereocenters. The number of rotatable bonds is 6. The molecule has 0 saturated carbocycles. The van der Waals surface area contributed by atoms with E-state index in [9.17, 15) is 13.2 Å². The van der Waals surface area contributed by atoms with Crippen LogP contribution in [0.3, 0.4) is 0 Å². The highest BCUT2D eigenvalue weighted by Crippen LogP contribution is 2.20. The van der Waals surface area contributed by atoms with Crippen LogP contribution in [0.1, 0.15) is 12.8 Å². The number of benzene rings is 1. The maximum Gasteiger partial charge on any atom is 0.238 e. The Morgan fingerprint density at radius 1 is 1.38 bits per heavy atom. The normalized spacial score (nSPS) is 17.2. The molecule has 0 radical (unpaired) electrons. The summed E-state index contributed by atoms with van der Waals surface area (Å²) in [7, 11) is -1.53. The molecule has 0 bridgehead atoms. The molecule has 1 N–H and O–H groups in total. The number of hydrogen-bond donors (Lipinski definition) is 1. The summed E-state index contributed by atoms with van der Waals surface area (Å²) in [6.07, 6.45) is 4.73. The minimum atomic E-state index is -3.16. The molecule has 24 heavy (non-hydrogen) atoms. The van der Waals surface area contributed by atoms with Crippen molar-refractivity contribution in [2.24, 2.45) is 0 Å². The molecule has 8 heteroatoms. The Morgan fingerprint density at radius 3 is 2.62 bits per heavy atom. The van der Waals surface area contributed by atoms with Gasteiger partial charge in [0.25, 0.3) is 0 Å². The second-order valence-corrected chi connectivity index (χ2v) is 8.99. The minimum absolute atomic E-state index is 0.0255. The molecule has 0 aromatic heterocycles. The first kappa shape index (κ1) is 19.2. The Labute approximate surface area is 148 Å². The monoisotopic (exact) mass is 371 g/mol. The predicted molar refractivity (Wildman–Crippen MR) is 98.9 cm³/mol. The lowest BCUT2D eigenvalue weighted by molar-refractivity contribution is -0.117. The number of sulfonamides is 1. The molecule has 134 valence electrons. The number of likely N-dealkylation sites (tertiary alicyclic amines) is 1. The van der Waals surface area contributed by atoms with E-state index in [4.69, 9.17) is 0 Å². The van der Waals surface area contributed by atoms with Crippen LogP contribution in [0.15, 0.2) is 29.2 Å². The molecule has 1 aliphatic heterocycles. The van der Waals surface area contributed by atoms with E-state index < -0.39 is 10.0 Å². The summed E-state index contributed by atoms with van der Waals surface area (Å²) in [4.78, 5) is 15.4. The largest absolute Gasteiger partial charge is 0.325 e. The van der Waals surface area contributed by atoms with Gasteiger partial charge < -0.3 is 5.32 Å². The van der Waals surface area contributed by atoms with Crippen LogP contribution in [0, 0.1) is 0 Å². The first-order valence-electron chi connectivity index (χ1n) is 7.89. The number of amides is 1. The van der Waals surface area contributed by atoms with Crippen molar-refractivity contribution in [1.29, 1.82) is 0 Å². The number of nitrogens with one attached hydrogen (secondary N) is 1. The Hall–Kier alpha value is -1.09. The van der Waals surface area contributed by atoms with Gasteiger partial charge in [-0.2, -0.15) is 0 Å². The smallest absolute Gasteiger partial charge is 0.238 e. The van der Waals surface area contributed by atoms with E-state index in [0.717, 1.165) is 36.5 Å². The van der Waals surface area contributed by atoms with Crippen molar-refractivity contribution in [1.82, 2.24) is 9.21 Å². The van der Waals surface area contributed by atoms with Crippen molar-refractivity contribution in [2.75, 3.05) is 44.5 Å². The molecule has 1 aromatic carbocycles. The Bertz CT molecular complexity index is 671. The molecule has 1 aliphatic rings. The van der Waals surface area contributed by atoms with Gasteiger partial charge >= 0.3 is 0 Å². The van der Waals surface area contributed by atoms with E-state index >= 15 is 0 Å². The fourth-order valence-electron chi connectivity index (χ4n) is 2.82. The summed E-state index contributed by atoms with van der Waals surface area (Å²) in [5, 5.41) is 2.92. The summed E-state index contributed by atoms with van der Waals surface area (Å²) in [6, 6.07) is 7.79. The third-order valence-corrected chi connectivity index (χ3v) is 6.38. The lowest BCUT2D eigenvalue weighted by atomic mass is 10.1. The summed E-state index contributed by atoms with van der Waals surface area (Å²) < 4.78 is 24.6. The number of hydrogen-bond acceptors (Lipinski definition) is 5. The molecule has 1 heterocycles. The van der Waals surface area contributed by atoms with Crippen LogP contribution in [0.4, 0.5) is 5.69 Å². The van der Waals surface area contributed by atoms with Gasteiger partial charge in [-0.05, 0) is 37.3 Å². The van der Waals surface area contributed by atoms with Crippen LogP contribution >= 0.6 is 11.8 Å². The highest BCUT2D eigenvalue weighted by atomic mass is 32.2. The average Bonchev–Trinajstić information content (AvgIpc) is 2.54. The summed E-state index contributed by atoms with van der Waals surface area (Å²) in [6.45, 7) is 1.78. The second-order valence-electron chi connectivity index (χ2n) is 6.07. The first-order valence-corrected chi connectivity index (χ1v) is 11.0. The molecule has 1 amide bonds. The molecule has 1 saturated heterocycles. The van der Waals surface area contributed by atoms with Crippen LogP contribution < -0.4 is 5.32 Å². The van der Waals surface area contributed by atoms with Gasteiger partial charge in [0.2, 0.25) is 15.9 Å². The van der Waals surface area contributed by atoms with Crippen LogP contribution in [-0.2, 0) is 14.8 Å². The van der Waals surface area contributed by atoms with Crippen molar-refractivity contribution in [2.45, 2.75) is 23.8 Å². The quantitative estimate of drug-likeness (QED) is 0.771. The van der Waals surface area contributed by atoms with Crippen LogP contribution in [0.5, 0.6) is 0 Å². The maximum absolute atomic E-state index is 12.2. The molecular weight excluding hydrogens is 346 g/mol. The topological polar surface area (TPSA) is 69.7 Å². The lowest BCUT2D eigenvalue weighted by Gasteiger charge is -2.35. The molecule has 0 unspecified atom stereocenters. The number of piperidine rings is 1. The number of carbonyl (C=O) groups excluding carboxylic acids is 1. The molecule has 6 nitrogen and oxygen atoms in total. The summed E-state index contributed by atoms with van der Waals surface area (Å²) >= 11 is 1.64. The van der Waals surface area contributed by atoms with Crippen molar-refractivity contribution in [3.05, 3.63) is 24.3 Å². The van der Waals surface area contributed by atoms with E-state index in [1.54, 1.807) is 18.8 Å². The third-order valence-electron chi connectivity index (χ3n) is 4.32. The van der Waals surface area contributed by atoms with Crippen molar-refractivity contribution >= 4 is 33.4 Å². The molecular formula is C16H25N3O3S2. The Morgan fingerprint density at radius 2 is 2.04 bits per heavy atom. The highest BCUT2D eigenvalue weighted by molar-refractivity contribution is 7.98. The second kappa shape index (κ2) is 8.33. The van der Waals surface area contributed by atoms with E-state index in [1.807, 2.05) is 30.5 Å². The van der Waals surface area contributed by atoms with E-state index in [1.165, 1.54) is 10.6 Å². The molecule has 0 aliphatic carbocycles. The standard InChI is InChI=1S/C16H25N3O3S2/c1-18(24(3,21)22)14-7-9-19(10-8-14)12-16(20)17-13-5-4-6-15(11-13)23-2/h4-6,11,14H,7-10,12H2,1-3H3,(H,17,20). The predicted octanol–water partition coefficient (Wildman–Crippen LogP) is 1.70. The Balaban J connectivity index is 1.82. The van der Waals surface area contributed by atoms with Crippen LogP contribution in [0.2, 0.25) is 0 Å². The zero-order chi connectivity index (χ0) is 17.7. The lowest BCUT2D eigenvalue weighted by Crippen LogP contribution is -2.47. The van der Waals surface area contributed by atoms with Gasteiger partial charge in [-0.25, -0.2) is 12.7 Å². The van der Waals surface area contributed by atoms with E-state index in [-0.39, 0.29) is 11.9 Å². The zero-order valence-corrected chi connectivity index (χ0v) is 16.0. The number of carbonyl (C=O) groups is 1. The summed E-state index contributed by atoms with van der Waals surface area (Å²) in [5.41, 5.74) is 0.804. The van der Waals surface area contributed by atoms with Gasteiger partial charge in [0.15, 0.2) is 0 Å². The fraction of sp³-hybridized carbons (Fsp3) is 0.562. The highest BCUT2D eigenvalue weighted by Gasteiger charge is 2.27. The van der Waals surface area contributed by atoms with E-state index in [0.29, 0.717) is 6.54 Å². The van der Waals surface area contributed by atoms with Crippen molar-refractivity contribution in [3.8, 4) is 0 Å². The average molecular weight is 372 g/mol. The molecule has 1 aromatic rings. The van der Waals surface area contributed by atoms with Gasteiger partial charge in [0, 0.05) is 36.8 Å². The minimum Gasteiger partial charge on any atom is -0.325 e. The van der Waals surface area contributed by atoms with Gasteiger partial charge in [0.1, 0.15) is 0 Å².